The lowest BCUT2D eigenvalue weighted by Gasteiger charge is -2.22. The molecule has 0 aromatic heterocycles. The molecule has 21 heavy (non-hydrogen) atoms. The number of hydrogen-bond donors (Lipinski definition) is 1. The first-order valence-electron chi connectivity index (χ1n) is 7.50. The minimum atomic E-state index is -0.356. The van der Waals surface area contributed by atoms with E-state index >= 15 is 0 Å². The van der Waals surface area contributed by atoms with E-state index in [0.717, 1.165) is 25.7 Å². The van der Waals surface area contributed by atoms with Gasteiger partial charge in [0.05, 0.1) is 18.1 Å². The maximum atomic E-state index is 11.2. The maximum Gasteiger partial charge on any atom is 0.296 e. The molecule has 5 nitrogen and oxygen atoms in total. The number of hydrogen-bond acceptors (Lipinski definition) is 4. The minimum Gasteiger partial charge on any atom is -0.496 e. The molecule has 1 unspecified atom stereocenters. The Morgan fingerprint density at radius 3 is 2.76 bits per heavy atom. The fourth-order valence-corrected chi connectivity index (χ4v) is 2.94. The number of nitrogens with one attached hydrogen (secondary N) is 1. The van der Waals surface area contributed by atoms with Crippen LogP contribution in [0.3, 0.4) is 0 Å². The van der Waals surface area contributed by atoms with E-state index in [1.54, 1.807) is 12.1 Å². The third kappa shape index (κ3) is 4.09. The van der Waals surface area contributed by atoms with E-state index in [-0.39, 0.29) is 10.6 Å². The van der Waals surface area contributed by atoms with Crippen LogP contribution in [-0.4, -0.2) is 18.1 Å². The van der Waals surface area contributed by atoms with Crippen molar-refractivity contribution in [2.75, 3.05) is 12.4 Å². The molecule has 0 bridgehead atoms. The molecule has 1 aromatic rings. The molecular weight excluding hydrogens is 268 g/mol. The molecule has 1 atom stereocenters. The second-order valence-corrected chi connectivity index (χ2v) is 6.58. The summed E-state index contributed by atoms with van der Waals surface area (Å²) in [5.41, 5.74) is 1.05. The van der Waals surface area contributed by atoms with E-state index in [9.17, 15) is 10.1 Å². The lowest BCUT2D eigenvalue weighted by Crippen LogP contribution is -2.19. The Bertz CT molecular complexity index is 514. The van der Waals surface area contributed by atoms with Crippen molar-refractivity contribution < 1.29 is 9.66 Å². The molecule has 1 N–H and O–H groups in total. The zero-order valence-corrected chi connectivity index (χ0v) is 13.0. The number of nitrogens with zero attached hydrogens (tertiary/aromatic N) is 1. The Kier molecular flexibility index (Phi) is 4.70. The Hall–Kier alpha value is -1.78. The standard InChI is InChI=1S/C16H24N2O3/c1-16(2)9-4-5-12(8-10-16)17-14-7-6-13(21-3)11-15(14)18(19)20/h6-7,11-12,17H,4-5,8-10H2,1-3H3. The predicted octanol–water partition coefficient (Wildman–Crippen LogP) is 4.37. The fraction of sp³-hybridized carbons (Fsp3) is 0.625. The van der Waals surface area contributed by atoms with Gasteiger partial charge in [-0.3, -0.25) is 10.1 Å². The smallest absolute Gasteiger partial charge is 0.296 e. The van der Waals surface area contributed by atoms with Crippen LogP contribution in [0.1, 0.15) is 46.0 Å². The highest BCUT2D eigenvalue weighted by Crippen LogP contribution is 2.36. The van der Waals surface area contributed by atoms with Crippen LogP contribution in [-0.2, 0) is 0 Å². The summed E-state index contributed by atoms with van der Waals surface area (Å²) in [6, 6.07) is 5.28. The third-order valence-corrected chi connectivity index (χ3v) is 4.34. The van der Waals surface area contributed by atoms with Crippen LogP contribution in [0, 0.1) is 15.5 Å². The van der Waals surface area contributed by atoms with Gasteiger partial charge in [-0.25, -0.2) is 0 Å². The van der Waals surface area contributed by atoms with Gasteiger partial charge < -0.3 is 10.1 Å². The van der Waals surface area contributed by atoms with Crippen LogP contribution < -0.4 is 10.1 Å². The normalized spacial score (nSPS) is 21.4. The molecule has 1 aliphatic carbocycles. The average molecular weight is 292 g/mol. The van der Waals surface area contributed by atoms with Gasteiger partial charge in [0, 0.05) is 6.04 Å². The molecule has 0 radical (unpaired) electrons. The summed E-state index contributed by atoms with van der Waals surface area (Å²) < 4.78 is 5.07. The third-order valence-electron chi connectivity index (χ3n) is 4.34. The maximum absolute atomic E-state index is 11.2. The lowest BCUT2D eigenvalue weighted by atomic mass is 9.85. The first kappa shape index (κ1) is 15.6. The van der Waals surface area contributed by atoms with Gasteiger partial charge in [-0.05, 0) is 43.2 Å². The average Bonchev–Trinajstić information content (AvgIpc) is 2.60. The zero-order valence-electron chi connectivity index (χ0n) is 13.0. The Labute approximate surface area is 125 Å². The summed E-state index contributed by atoms with van der Waals surface area (Å²) >= 11 is 0. The molecule has 1 aromatic carbocycles. The Balaban J connectivity index is 2.13. The molecule has 2 rings (SSSR count). The van der Waals surface area contributed by atoms with Gasteiger partial charge in [-0.2, -0.15) is 0 Å². The zero-order chi connectivity index (χ0) is 15.5. The second-order valence-electron chi connectivity index (χ2n) is 6.58. The molecule has 0 saturated heterocycles. The Morgan fingerprint density at radius 2 is 2.10 bits per heavy atom. The highest BCUT2D eigenvalue weighted by molar-refractivity contribution is 5.64. The summed E-state index contributed by atoms with van der Waals surface area (Å²) in [5, 5.41) is 14.6. The van der Waals surface area contributed by atoms with E-state index in [2.05, 4.69) is 19.2 Å². The first-order valence-corrected chi connectivity index (χ1v) is 7.50. The van der Waals surface area contributed by atoms with Crippen LogP contribution in [0.5, 0.6) is 5.75 Å². The van der Waals surface area contributed by atoms with E-state index < -0.39 is 0 Å². The van der Waals surface area contributed by atoms with Gasteiger partial charge in [0.2, 0.25) is 0 Å². The topological polar surface area (TPSA) is 64.4 Å². The number of rotatable bonds is 4. The van der Waals surface area contributed by atoms with Crippen molar-refractivity contribution in [2.45, 2.75) is 52.0 Å². The van der Waals surface area contributed by atoms with Crippen molar-refractivity contribution in [3.05, 3.63) is 28.3 Å². The Morgan fingerprint density at radius 1 is 1.33 bits per heavy atom. The van der Waals surface area contributed by atoms with Gasteiger partial charge in [0.25, 0.3) is 5.69 Å². The summed E-state index contributed by atoms with van der Waals surface area (Å²) in [6.07, 6.45) is 5.64. The lowest BCUT2D eigenvalue weighted by molar-refractivity contribution is -0.384. The molecule has 0 aliphatic heterocycles. The van der Waals surface area contributed by atoms with Gasteiger partial charge >= 0.3 is 0 Å². The predicted molar refractivity (Wildman–Crippen MR) is 83.9 cm³/mol. The van der Waals surface area contributed by atoms with Crippen molar-refractivity contribution >= 4 is 11.4 Å². The summed E-state index contributed by atoms with van der Waals surface area (Å²) in [6.45, 7) is 4.59. The van der Waals surface area contributed by atoms with Crippen molar-refractivity contribution in [3.63, 3.8) is 0 Å². The number of ether oxygens (including phenoxy) is 1. The molecule has 1 fully saturated rings. The van der Waals surface area contributed by atoms with E-state index in [1.807, 2.05) is 0 Å². The minimum absolute atomic E-state index is 0.0813. The summed E-state index contributed by atoms with van der Waals surface area (Å²) in [5.74, 6) is 0.509. The van der Waals surface area contributed by atoms with E-state index in [0.29, 0.717) is 22.9 Å². The van der Waals surface area contributed by atoms with Crippen molar-refractivity contribution in [1.29, 1.82) is 0 Å². The fourth-order valence-electron chi connectivity index (χ4n) is 2.94. The number of methoxy groups -OCH3 is 1. The largest absolute Gasteiger partial charge is 0.496 e. The molecule has 0 amide bonds. The number of benzene rings is 1. The number of nitro groups is 1. The molecule has 116 valence electrons. The summed E-state index contributed by atoms with van der Waals surface area (Å²) in [7, 11) is 1.51. The highest BCUT2D eigenvalue weighted by atomic mass is 16.6. The second kappa shape index (κ2) is 6.33. The SMILES string of the molecule is COc1ccc(NC2CCCC(C)(C)CC2)c([N+](=O)[O-])c1. The van der Waals surface area contributed by atoms with Gasteiger partial charge in [0.15, 0.2) is 0 Å². The van der Waals surface area contributed by atoms with E-state index in [4.69, 9.17) is 4.74 Å². The van der Waals surface area contributed by atoms with Crippen LogP contribution in [0.4, 0.5) is 11.4 Å². The van der Waals surface area contributed by atoms with Crippen molar-refractivity contribution in [2.24, 2.45) is 5.41 Å². The number of anilines is 1. The molecule has 5 heteroatoms. The quantitative estimate of drug-likeness (QED) is 0.508. The summed E-state index contributed by atoms with van der Waals surface area (Å²) in [4.78, 5) is 10.9. The molecule has 1 saturated carbocycles. The molecule has 0 heterocycles. The molecule has 0 spiro atoms. The molecular formula is C16H24N2O3. The van der Waals surface area contributed by atoms with Gasteiger partial charge in [-0.15, -0.1) is 0 Å². The van der Waals surface area contributed by atoms with Crippen LogP contribution in [0.25, 0.3) is 0 Å². The van der Waals surface area contributed by atoms with Crippen LogP contribution in [0.2, 0.25) is 0 Å². The molecule has 1 aliphatic rings. The van der Waals surface area contributed by atoms with Crippen molar-refractivity contribution in [1.82, 2.24) is 0 Å². The number of nitro benzene ring substituents is 1. The highest BCUT2D eigenvalue weighted by Gasteiger charge is 2.25. The monoisotopic (exact) mass is 292 g/mol. The van der Waals surface area contributed by atoms with Crippen LogP contribution >= 0.6 is 0 Å². The first-order chi connectivity index (χ1) is 9.91. The van der Waals surface area contributed by atoms with Crippen LogP contribution in [0.15, 0.2) is 18.2 Å². The van der Waals surface area contributed by atoms with E-state index in [1.165, 1.54) is 19.6 Å². The van der Waals surface area contributed by atoms with Gasteiger partial charge in [0.1, 0.15) is 11.4 Å². The van der Waals surface area contributed by atoms with Gasteiger partial charge in [-0.1, -0.05) is 20.3 Å². The van der Waals surface area contributed by atoms with Crippen molar-refractivity contribution in [3.8, 4) is 5.75 Å².